The molecule has 1 N–H and O–H groups in total. The molecule has 1 aromatic heterocycles. The maximum absolute atomic E-state index is 9.98. The van der Waals surface area contributed by atoms with Crippen molar-refractivity contribution in [1.29, 1.82) is 0 Å². The normalized spacial score (nSPS) is 19.9. The third kappa shape index (κ3) is 1.37. The molecule has 1 aliphatic rings. The summed E-state index contributed by atoms with van der Waals surface area (Å²) in [5.74, 6) is 0.475. The Balaban J connectivity index is 2.18. The van der Waals surface area contributed by atoms with Gasteiger partial charge in [-0.15, -0.1) is 0 Å². The zero-order valence-corrected chi connectivity index (χ0v) is 8.20. The van der Waals surface area contributed by atoms with Gasteiger partial charge in [0.05, 0.1) is 12.3 Å². The molecule has 3 nitrogen and oxygen atoms in total. The Kier molecular flexibility index (Phi) is 2.12. The number of aliphatic hydroxyl groups excluding tert-OH is 1. The molecule has 1 heterocycles. The second-order valence-electron chi connectivity index (χ2n) is 3.94. The monoisotopic (exact) mass is 180 g/mol. The van der Waals surface area contributed by atoms with Crippen molar-refractivity contribution in [3.63, 3.8) is 0 Å². The summed E-state index contributed by atoms with van der Waals surface area (Å²) in [6.45, 7) is 2.00. The molecule has 13 heavy (non-hydrogen) atoms. The van der Waals surface area contributed by atoms with E-state index in [1.54, 1.807) is 6.20 Å². The number of hydrogen-bond donors (Lipinski definition) is 1. The Morgan fingerprint density at radius 3 is 2.69 bits per heavy atom. The van der Waals surface area contributed by atoms with E-state index in [1.807, 2.05) is 18.7 Å². The lowest BCUT2D eigenvalue weighted by molar-refractivity contribution is 0.0615. The second-order valence-corrected chi connectivity index (χ2v) is 3.94. The van der Waals surface area contributed by atoms with Gasteiger partial charge in [-0.05, 0) is 25.7 Å². The van der Waals surface area contributed by atoms with Crippen LogP contribution in [0.25, 0.3) is 0 Å². The number of rotatable bonds is 2. The molecule has 2 rings (SSSR count). The van der Waals surface area contributed by atoms with Gasteiger partial charge in [-0.3, -0.25) is 4.68 Å². The van der Waals surface area contributed by atoms with Crippen molar-refractivity contribution < 1.29 is 5.11 Å². The molecule has 0 aromatic carbocycles. The molecular formula is C10H16N2O. The Morgan fingerprint density at radius 1 is 1.62 bits per heavy atom. The number of hydrogen-bond acceptors (Lipinski definition) is 2. The fraction of sp³-hybridized carbons (Fsp3) is 0.700. The molecule has 0 aliphatic heterocycles. The molecule has 0 bridgehead atoms. The topological polar surface area (TPSA) is 38.1 Å². The van der Waals surface area contributed by atoms with E-state index in [0.29, 0.717) is 5.92 Å². The Morgan fingerprint density at radius 2 is 2.31 bits per heavy atom. The first-order chi connectivity index (χ1) is 6.20. The van der Waals surface area contributed by atoms with Crippen LogP contribution in [0.3, 0.4) is 0 Å². The molecule has 0 spiro atoms. The molecule has 72 valence electrons. The molecular weight excluding hydrogens is 164 g/mol. The van der Waals surface area contributed by atoms with Crippen LogP contribution in [-0.4, -0.2) is 14.9 Å². The standard InChI is InChI=1S/C10H16N2O/c1-7-9(6-11-12(7)2)10(13)8-4-3-5-8/h6,8,10,13H,3-5H2,1-2H3. The van der Waals surface area contributed by atoms with Crippen LogP contribution in [0.1, 0.15) is 36.6 Å². The number of nitrogens with zero attached hydrogens (tertiary/aromatic N) is 2. The van der Waals surface area contributed by atoms with E-state index < -0.39 is 0 Å². The van der Waals surface area contributed by atoms with E-state index in [1.165, 1.54) is 6.42 Å². The summed E-state index contributed by atoms with van der Waals surface area (Å²) < 4.78 is 1.82. The quantitative estimate of drug-likeness (QED) is 0.750. The van der Waals surface area contributed by atoms with E-state index in [2.05, 4.69) is 5.10 Å². The van der Waals surface area contributed by atoms with Crippen molar-refractivity contribution >= 4 is 0 Å². The maximum Gasteiger partial charge on any atom is 0.0851 e. The predicted molar refractivity (Wildman–Crippen MR) is 50.2 cm³/mol. The summed E-state index contributed by atoms with van der Waals surface area (Å²) in [4.78, 5) is 0. The van der Waals surface area contributed by atoms with Crippen LogP contribution < -0.4 is 0 Å². The van der Waals surface area contributed by atoms with Gasteiger partial charge in [0, 0.05) is 18.3 Å². The third-order valence-electron chi connectivity index (χ3n) is 3.19. The van der Waals surface area contributed by atoms with E-state index in [4.69, 9.17) is 0 Å². The highest BCUT2D eigenvalue weighted by Crippen LogP contribution is 2.38. The summed E-state index contributed by atoms with van der Waals surface area (Å²) in [7, 11) is 1.91. The van der Waals surface area contributed by atoms with Gasteiger partial charge in [0.1, 0.15) is 0 Å². The first-order valence-corrected chi connectivity index (χ1v) is 4.86. The molecule has 0 radical (unpaired) electrons. The van der Waals surface area contributed by atoms with Crippen molar-refractivity contribution in [3.05, 3.63) is 17.5 Å². The highest BCUT2D eigenvalue weighted by Gasteiger charge is 2.28. The third-order valence-corrected chi connectivity index (χ3v) is 3.19. The molecule has 0 amide bonds. The molecule has 1 atom stereocenters. The Labute approximate surface area is 78.4 Å². The van der Waals surface area contributed by atoms with E-state index in [9.17, 15) is 5.11 Å². The van der Waals surface area contributed by atoms with Gasteiger partial charge in [-0.2, -0.15) is 5.10 Å². The minimum absolute atomic E-state index is 0.289. The van der Waals surface area contributed by atoms with Gasteiger partial charge < -0.3 is 5.11 Å². The van der Waals surface area contributed by atoms with E-state index in [0.717, 1.165) is 24.1 Å². The summed E-state index contributed by atoms with van der Waals surface area (Å²) in [5, 5.41) is 14.1. The van der Waals surface area contributed by atoms with Gasteiger partial charge >= 0.3 is 0 Å². The lowest BCUT2D eigenvalue weighted by Gasteiger charge is -2.30. The average molecular weight is 180 g/mol. The lowest BCUT2D eigenvalue weighted by Crippen LogP contribution is -2.20. The molecule has 1 unspecified atom stereocenters. The zero-order chi connectivity index (χ0) is 9.42. The molecule has 1 aromatic rings. The van der Waals surface area contributed by atoms with Crippen LogP contribution in [0.2, 0.25) is 0 Å². The van der Waals surface area contributed by atoms with Crippen molar-refractivity contribution in [2.75, 3.05) is 0 Å². The van der Waals surface area contributed by atoms with Crippen molar-refractivity contribution in [2.24, 2.45) is 13.0 Å². The molecule has 0 saturated heterocycles. The zero-order valence-electron chi connectivity index (χ0n) is 8.20. The molecule has 1 fully saturated rings. The molecule has 3 heteroatoms. The van der Waals surface area contributed by atoms with Gasteiger partial charge in [0.2, 0.25) is 0 Å². The van der Waals surface area contributed by atoms with Crippen LogP contribution in [-0.2, 0) is 7.05 Å². The van der Waals surface area contributed by atoms with Crippen LogP contribution in [0.5, 0.6) is 0 Å². The first-order valence-electron chi connectivity index (χ1n) is 4.86. The summed E-state index contributed by atoms with van der Waals surface area (Å²) in [5.41, 5.74) is 2.09. The van der Waals surface area contributed by atoms with Gasteiger partial charge in [0.25, 0.3) is 0 Å². The Bertz CT molecular complexity index is 302. The summed E-state index contributed by atoms with van der Waals surface area (Å²) in [6.07, 6.45) is 5.09. The smallest absolute Gasteiger partial charge is 0.0851 e. The van der Waals surface area contributed by atoms with Crippen LogP contribution in [0.15, 0.2) is 6.20 Å². The largest absolute Gasteiger partial charge is 0.388 e. The van der Waals surface area contributed by atoms with E-state index in [-0.39, 0.29) is 6.10 Å². The second kappa shape index (κ2) is 3.14. The van der Waals surface area contributed by atoms with Crippen molar-refractivity contribution in [2.45, 2.75) is 32.3 Å². The van der Waals surface area contributed by atoms with Crippen molar-refractivity contribution in [1.82, 2.24) is 9.78 Å². The lowest BCUT2D eigenvalue weighted by atomic mass is 9.79. The predicted octanol–water partition coefficient (Wildman–Crippen LogP) is 1.56. The van der Waals surface area contributed by atoms with Crippen LogP contribution in [0, 0.1) is 12.8 Å². The van der Waals surface area contributed by atoms with Gasteiger partial charge in [-0.1, -0.05) is 6.42 Å². The summed E-state index contributed by atoms with van der Waals surface area (Å²) in [6, 6.07) is 0. The minimum Gasteiger partial charge on any atom is -0.388 e. The number of aromatic nitrogens is 2. The first kappa shape index (κ1) is 8.75. The van der Waals surface area contributed by atoms with Crippen LogP contribution in [0.4, 0.5) is 0 Å². The number of aliphatic hydroxyl groups is 1. The Hall–Kier alpha value is -0.830. The van der Waals surface area contributed by atoms with Gasteiger partial charge in [0.15, 0.2) is 0 Å². The fourth-order valence-electron chi connectivity index (χ4n) is 1.82. The average Bonchev–Trinajstić information content (AvgIpc) is 2.29. The minimum atomic E-state index is -0.289. The fourth-order valence-corrected chi connectivity index (χ4v) is 1.82. The summed E-state index contributed by atoms with van der Waals surface area (Å²) >= 11 is 0. The number of aryl methyl sites for hydroxylation is 1. The highest BCUT2D eigenvalue weighted by atomic mass is 16.3. The van der Waals surface area contributed by atoms with E-state index >= 15 is 0 Å². The van der Waals surface area contributed by atoms with Crippen molar-refractivity contribution in [3.8, 4) is 0 Å². The van der Waals surface area contributed by atoms with Gasteiger partial charge in [-0.25, -0.2) is 0 Å². The molecule has 1 saturated carbocycles. The van der Waals surface area contributed by atoms with Crippen LogP contribution >= 0.6 is 0 Å². The SMILES string of the molecule is Cc1c(C(O)C2CCC2)cnn1C. The highest BCUT2D eigenvalue weighted by molar-refractivity contribution is 5.20. The molecule has 1 aliphatic carbocycles. The maximum atomic E-state index is 9.98.